The second kappa shape index (κ2) is 5.94. The summed E-state index contributed by atoms with van der Waals surface area (Å²) in [5.74, 6) is 1.27. The summed E-state index contributed by atoms with van der Waals surface area (Å²) in [6, 6.07) is 5.20. The Morgan fingerprint density at radius 2 is 1.95 bits per heavy atom. The molecular weight excluding hydrogens is 294 g/mol. The molecule has 0 spiro atoms. The van der Waals surface area contributed by atoms with E-state index in [-0.39, 0.29) is 0 Å². The molecule has 0 saturated heterocycles. The van der Waals surface area contributed by atoms with E-state index in [4.69, 9.17) is 11.6 Å². The molecule has 5 heteroatoms. The molecule has 1 saturated carbocycles. The predicted octanol–water partition coefficient (Wildman–Crippen LogP) is 3.98. The maximum absolute atomic E-state index is 11.6. The first-order valence-corrected chi connectivity index (χ1v) is 9.30. The molecule has 1 aliphatic carbocycles. The van der Waals surface area contributed by atoms with Crippen molar-refractivity contribution in [3.8, 4) is 0 Å². The number of halogens is 1. The van der Waals surface area contributed by atoms with Gasteiger partial charge in [0.25, 0.3) is 0 Å². The van der Waals surface area contributed by atoms with Crippen LogP contribution in [0.4, 0.5) is 5.69 Å². The van der Waals surface area contributed by atoms with Gasteiger partial charge in [0, 0.05) is 12.3 Å². The van der Waals surface area contributed by atoms with Gasteiger partial charge in [0.1, 0.15) is 0 Å². The van der Waals surface area contributed by atoms with Gasteiger partial charge in [0.05, 0.1) is 15.6 Å². The standard InChI is InChI=1S/C15H22ClNO2S/c1-10-4-5-11(2)14(8-10)17-15-9-12(20(3,18)19)6-7-13(15)16/h6-7,9-11,14,17H,4-5,8H2,1-3H3. The van der Waals surface area contributed by atoms with Gasteiger partial charge in [-0.1, -0.05) is 31.9 Å². The van der Waals surface area contributed by atoms with Crippen LogP contribution >= 0.6 is 11.6 Å². The van der Waals surface area contributed by atoms with E-state index in [2.05, 4.69) is 19.2 Å². The van der Waals surface area contributed by atoms with E-state index < -0.39 is 9.84 Å². The Morgan fingerprint density at radius 3 is 2.60 bits per heavy atom. The number of nitrogens with one attached hydrogen (secondary N) is 1. The highest BCUT2D eigenvalue weighted by atomic mass is 35.5. The average Bonchev–Trinajstić information content (AvgIpc) is 2.35. The third-order valence-electron chi connectivity index (χ3n) is 4.16. The number of sulfone groups is 1. The van der Waals surface area contributed by atoms with Gasteiger partial charge in [-0.3, -0.25) is 0 Å². The molecule has 3 atom stereocenters. The van der Waals surface area contributed by atoms with Gasteiger partial charge in [-0.2, -0.15) is 0 Å². The summed E-state index contributed by atoms with van der Waals surface area (Å²) in [5, 5.41) is 4.02. The van der Waals surface area contributed by atoms with Crippen molar-refractivity contribution >= 4 is 27.1 Å². The fourth-order valence-electron chi connectivity index (χ4n) is 2.78. The van der Waals surface area contributed by atoms with E-state index >= 15 is 0 Å². The first-order valence-electron chi connectivity index (χ1n) is 7.03. The lowest BCUT2D eigenvalue weighted by atomic mass is 9.80. The number of hydrogen-bond donors (Lipinski definition) is 1. The monoisotopic (exact) mass is 315 g/mol. The summed E-state index contributed by atoms with van der Waals surface area (Å²) in [7, 11) is -3.21. The van der Waals surface area contributed by atoms with Gasteiger partial charge in [0.2, 0.25) is 0 Å². The van der Waals surface area contributed by atoms with Gasteiger partial charge < -0.3 is 5.32 Å². The molecule has 1 fully saturated rings. The lowest BCUT2D eigenvalue weighted by Gasteiger charge is -2.34. The minimum atomic E-state index is -3.21. The van der Waals surface area contributed by atoms with Crippen LogP contribution in [0.15, 0.2) is 23.1 Å². The summed E-state index contributed by atoms with van der Waals surface area (Å²) in [5.41, 5.74) is 0.723. The second-order valence-electron chi connectivity index (χ2n) is 6.06. The minimum absolute atomic E-state index is 0.306. The molecule has 0 amide bonds. The molecule has 1 aromatic rings. The van der Waals surface area contributed by atoms with E-state index in [1.165, 1.54) is 19.1 Å². The molecule has 0 aliphatic heterocycles. The van der Waals surface area contributed by atoms with Crippen molar-refractivity contribution in [3.63, 3.8) is 0 Å². The zero-order valence-electron chi connectivity index (χ0n) is 12.2. The molecule has 0 heterocycles. The van der Waals surface area contributed by atoms with E-state index in [1.807, 2.05) is 0 Å². The van der Waals surface area contributed by atoms with Crippen LogP contribution in [-0.2, 0) is 9.84 Å². The Balaban J connectivity index is 2.24. The Kier molecular flexibility index (Phi) is 4.65. The van der Waals surface area contributed by atoms with Gasteiger partial charge in [0.15, 0.2) is 9.84 Å². The third-order valence-corrected chi connectivity index (χ3v) is 5.60. The molecule has 1 N–H and O–H groups in total. The average molecular weight is 316 g/mol. The number of benzene rings is 1. The van der Waals surface area contributed by atoms with E-state index in [9.17, 15) is 8.42 Å². The minimum Gasteiger partial charge on any atom is -0.381 e. The molecule has 0 bridgehead atoms. The summed E-state index contributed by atoms with van der Waals surface area (Å²) in [6.45, 7) is 4.49. The van der Waals surface area contributed by atoms with Crippen LogP contribution < -0.4 is 5.32 Å². The van der Waals surface area contributed by atoms with E-state index in [0.29, 0.717) is 27.8 Å². The van der Waals surface area contributed by atoms with Crippen molar-refractivity contribution in [1.29, 1.82) is 0 Å². The van der Waals surface area contributed by atoms with Gasteiger partial charge in [-0.25, -0.2) is 8.42 Å². The molecule has 1 aliphatic rings. The lowest BCUT2D eigenvalue weighted by molar-refractivity contribution is 0.280. The molecular formula is C15H22ClNO2S. The molecule has 2 rings (SSSR count). The van der Waals surface area contributed by atoms with E-state index in [0.717, 1.165) is 12.1 Å². The quantitative estimate of drug-likeness (QED) is 0.917. The van der Waals surface area contributed by atoms with Crippen molar-refractivity contribution < 1.29 is 8.42 Å². The summed E-state index contributed by atoms with van der Waals surface area (Å²) < 4.78 is 23.3. The molecule has 1 aromatic carbocycles. The summed E-state index contributed by atoms with van der Waals surface area (Å²) in [4.78, 5) is 0.306. The predicted molar refractivity (Wildman–Crippen MR) is 84.2 cm³/mol. The Bertz CT molecular complexity index is 586. The van der Waals surface area contributed by atoms with Crippen LogP contribution in [0.2, 0.25) is 5.02 Å². The molecule has 20 heavy (non-hydrogen) atoms. The van der Waals surface area contributed by atoms with Crippen molar-refractivity contribution in [2.45, 2.75) is 44.0 Å². The van der Waals surface area contributed by atoms with Gasteiger partial charge >= 0.3 is 0 Å². The Morgan fingerprint density at radius 1 is 1.25 bits per heavy atom. The first kappa shape index (κ1) is 15.6. The Labute approximate surface area is 126 Å². The highest BCUT2D eigenvalue weighted by molar-refractivity contribution is 7.90. The topological polar surface area (TPSA) is 46.2 Å². The molecule has 0 radical (unpaired) electrons. The van der Waals surface area contributed by atoms with Gasteiger partial charge in [-0.15, -0.1) is 0 Å². The van der Waals surface area contributed by atoms with E-state index in [1.54, 1.807) is 18.2 Å². The first-order chi connectivity index (χ1) is 9.27. The SMILES string of the molecule is CC1CCC(C)C(Nc2cc(S(C)(=O)=O)ccc2Cl)C1. The van der Waals surface area contributed by atoms with Crippen LogP contribution in [0.5, 0.6) is 0 Å². The summed E-state index contributed by atoms with van der Waals surface area (Å²) in [6.07, 6.45) is 4.77. The number of rotatable bonds is 3. The summed E-state index contributed by atoms with van der Waals surface area (Å²) >= 11 is 6.19. The smallest absolute Gasteiger partial charge is 0.175 e. The largest absolute Gasteiger partial charge is 0.381 e. The molecule has 3 unspecified atom stereocenters. The highest BCUT2D eigenvalue weighted by Gasteiger charge is 2.26. The van der Waals surface area contributed by atoms with Crippen molar-refractivity contribution in [2.24, 2.45) is 11.8 Å². The zero-order chi connectivity index (χ0) is 14.9. The second-order valence-corrected chi connectivity index (χ2v) is 8.48. The van der Waals surface area contributed by atoms with Crippen molar-refractivity contribution in [2.75, 3.05) is 11.6 Å². The highest BCUT2D eigenvalue weighted by Crippen LogP contribution is 2.33. The molecule has 0 aromatic heterocycles. The maximum Gasteiger partial charge on any atom is 0.175 e. The zero-order valence-corrected chi connectivity index (χ0v) is 13.8. The maximum atomic E-state index is 11.6. The van der Waals surface area contributed by atoms with Crippen molar-refractivity contribution in [3.05, 3.63) is 23.2 Å². The Hall–Kier alpha value is -0.740. The van der Waals surface area contributed by atoms with Crippen LogP contribution in [0, 0.1) is 11.8 Å². The van der Waals surface area contributed by atoms with Crippen LogP contribution in [0.3, 0.4) is 0 Å². The van der Waals surface area contributed by atoms with Gasteiger partial charge in [-0.05, 0) is 42.9 Å². The lowest BCUT2D eigenvalue weighted by Crippen LogP contribution is -2.33. The normalized spacial score (nSPS) is 27.3. The van der Waals surface area contributed by atoms with Crippen LogP contribution in [0.25, 0.3) is 0 Å². The fraction of sp³-hybridized carbons (Fsp3) is 0.600. The number of hydrogen-bond acceptors (Lipinski definition) is 3. The van der Waals surface area contributed by atoms with Crippen LogP contribution in [0.1, 0.15) is 33.1 Å². The fourth-order valence-corrected chi connectivity index (χ4v) is 3.60. The third kappa shape index (κ3) is 3.67. The molecule has 3 nitrogen and oxygen atoms in total. The molecule has 112 valence electrons. The van der Waals surface area contributed by atoms with Crippen LogP contribution in [-0.4, -0.2) is 20.7 Å². The number of anilines is 1. The van der Waals surface area contributed by atoms with Crippen molar-refractivity contribution in [1.82, 2.24) is 0 Å².